The van der Waals surface area contributed by atoms with Gasteiger partial charge in [0.1, 0.15) is 0 Å². The van der Waals surface area contributed by atoms with Crippen LogP contribution in [0, 0.1) is 5.92 Å². The number of nitrogens with zero attached hydrogens (tertiary/aromatic N) is 1. The second-order valence-corrected chi connectivity index (χ2v) is 6.06. The van der Waals surface area contributed by atoms with E-state index in [-0.39, 0.29) is 5.84 Å². The van der Waals surface area contributed by atoms with Crippen LogP contribution in [0.25, 0.3) is 0 Å². The fourth-order valence-electron chi connectivity index (χ4n) is 3.23. The highest BCUT2D eigenvalue weighted by atomic mass is 16.4. The summed E-state index contributed by atoms with van der Waals surface area (Å²) in [6.07, 6.45) is 8.14. The fourth-order valence-corrected chi connectivity index (χ4v) is 3.23. The van der Waals surface area contributed by atoms with E-state index in [0.717, 1.165) is 23.6 Å². The molecule has 21 heavy (non-hydrogen) atoms. The van der Waals surface area contributed by atoms with Crippen molar-refractivity contribution in [2.24, 2.45) is 16.8 Å². The quantitative estimate of drug-likeness (QED) is 0.256. The first-order valence-corrected chi connectivity index (χ1v) is 8.01. The zero-order chi connectivity index (χ0) is 15.1. The summed E-state index contributed by atoms with van der Waals surface area (Å²) < 4.78 is 0. The van der Waals surface area contributed by atoms with E-state index in [0.29, 0.717) is 6.04 Å². The Morgan fingerprint density at radius 3 is 2.62 bits per heavy atom. The number of nitrogens with one attached hydrogen (secondary N) is 1. The Kier molecular flexibility index (Phi) is 6.05. The minimum absolute atomic E-state index is 0.175. The zero-order valence-electron chi connectivity index (χ0n) is 12.9. The third-order valence-electron chi connectivity index (χ3n) is 4.62. The van der Waals surface area contributed by atoms with Gasteiger partial charge in [-0.1, -0.05) is 55.1 Å². The average molecular weight is 289 g/mol. The van der Waals surface area contributed by atoms with Crippen molar-refractivity contribution in [1.82, 2.24) is 5.32 Å². The molecule has 4 nitrogen and oxygen atoms in total. The first-order valence-electron chi connectivity index (χ1n) is 8.01. The smallest absolute Gasteiger partial charge is 0.170 e. The van der Waals surface area contributed by atoms with Crippen LogP contribution in [0.4, 0.5) is 0 Å². The molecule has 1 saturated carbocycles. The lowest BCUT2D eigenvalue weighted by Crippen LogP contribution is -2.33. The first-order chi connectivity index (χ1) is 10.2. The fraction of sp³-hybridized carbons (Fsp3) is 0.588. The third kappa shape index (κ3) is 4.46. The Morgan fingerprint density at radius 2 is 1.95 bits per heavy atom. The van der Waals surface area contributed by atoms with Crippen LogP contribution in [0.3, 0.4) is 0 Å². The Hall–Kier alpha value is -1.55. The Labute approximate surface area is 127 Å². The SMILES string of the molecule is C[C@H](NCc1ccccc1/C(N)=N/O)C1CCCCCC1. The molecule has 2 rings (SSSR count). The molecule has 4 N–H and O–H groups in total. The molecule has 0 amide bonds. The van der Waals surface area contributed by atoms with Crippen molar-refractivity contribution in [3.63, 3.8) is 0 Å². The van der Waals surface area contributed by atoms with Crippen molar-refractivity contribution in [2.45, 2.75) is 58.0 Å². The number of benzene rings is 1. The highest BCUT2D eigenvalue weighted by Crippen LogP contribution is 2.25. The van der Waals surface area contributed by atoms with Gasteiger partial charge in [0.2, 0.25) is 0 Å². The normalized spacial score (nSPS) is 19.2. The first kappa shape index (κ1) is 15.8. The zero-order valence-corrected chi connectivity index (χ0v) is 12.9. The molecule has 0 bridgehead atoms. The summed E-state index contributed by atoms with van der Waals surface area (Å²) in [7, 11) is 0. The lowest BCUT2D eigenvalue weighted by Gasteiger charge is -2.24. The van der Waals surface area contributed by atoms with E-state index >= 15 is 0 Å². The molecule has 116 valence electrons. The van der Waals surface area contributed by atoms with Crippen LogP contribution in [0.5, 0.6) is 0 Å². The summed E-state index contributed by atoms with van der Waals surface area (Å²) in [5.74, 6) is 0.943. The van der Waals surface area contributed by atoms with Gasteiger partial charge in [-0.2, -0.15) is 0 Å². The molecular weight excluding hydrogens is 262 g/mol. The van der Waals surface area contributed by atoms with Crippen LogP contribution in [0.15, 0.2) is 29.4 Å². The van der Waals surface area contributed by atoms with Gasteiger partial charge in [-0.05, 0) is 31.2 Å². The number of oxime groups is 1. The molecule has 4 heteroatoms. The van der Waals surface area contributed by atoms with Gasteiger partial charge in [0, 0.05) is 18.2 Å². The highest BCUT2D eigenvalue weighted by molar-refractivity contribution is 5.98. The lowest BCUT2D eigenvalue weighted by molar-refractivity contribution is 0.318. The maximum atomic E-state index is 8.87. The third-order valence-corrected chi connectivity index (χ3v) is 4.62. The van der Waals surface area contributed by atoms with Gasteiger partial charge in [-0.3, -0.25) is 0 Å². The molecule has 1 aromatic carbocycles. The molecule has 1 fully saturated rings. The molecule has 1 aromatic rings. The largest absolute Gasteiger partial charge is 0.409 e. The van der Waals surface area contributed by atoms with Crippen LogP contribution in [-0.2, 0) is 6.54 Å². The maximum Gasteiger partial charge on any atom is 0.170 e. The van der Waals surface area contributed by atoms with Gasteiger partial charge in [-0.25, -0.2) is 0 Å². The van der Waals surface area contributed by atoms with Gasteiger partial charge < -0.3 is 16.3 Å². The summed E-state index contributed by atoms with van der Waals surface area (Å²) in [5, 5.41) is 15.6. The van der Waals surface area contributed by atoms with Crippen molar-refractivity contribution < 1.29 is 5.21 Å². The van der Waals surface area contributed by atoms with Gasteiger partial charge in [0.15, 0.2) is 5.84 Å². The van der Waals surface area contributed by atoms with Crippen molar-refractivity contribution in [1.29, 1.82) is 0 Å². The van der Waals surface area contributed by atoms with Gasteiger partial charge in [-0.15, -0.1) is 0 Å². The van der Waals surface area contributed by atoms with Gasteiger partial charge in [0.25, 0.3) is 0 Å². The summed E-state index contributed by atoms with van der Waals surface area (Å²) >= 11 is 0. The van der Waals surface area contributed by atoms with E-state index in [1.165, 1.54) is 38.5 Å². The molecule has 0 saturated heterocycles. The standard InChI is InChI=1S/C17H27N3O/c1-13(14-8-4-2-3-5-9-14)19-12-15-10-6-7-11-16(15)17(18)20-21/h6-7,10-11,13-14,19,21H,2-5,8-9,12H2,1H3,(H2,18,20)/t13-/m0/s1. The number of hydrogen-bond acceptors (Lipinski definition) is 3. The van der Waals surface area contributed by atoms with Crippen molar-refractivity contribution in [3.8, 4) is 0 Å². The van der Waals surface area contributed by atoms with E-state index in [1.807, 2.05) is 24.3 Å². The van der Waals surface area contributed by atoms with Gasteiger partial charge in [0.05, 0.1) is 0 Å². The highest BCUT2D eigenvalue weighted by Gasteiger charge is 2.19. The summed E-state index contributed by atoms with van der Waals surface area (Å²) in [5.41, 5.74) is 7.62. The molecular formula is C17H27N3O. The van der Waals surface area contributed by atoms with Crippen LogP contribution in [-0.4, -0.2) is 17.1 Å². The number of amidine groups is 1. The lowest BCUT2D eigenvalue weighted by atomic mass is 9.92. The minimum atomic E-state index is 0.175. The Balaban J connectivity index is 1.96. The number of nitrogens with two attached hydrogens (primary N) is 1. The number of rotatable bonds is 5. The molecule has 1 atom stereocenters. The summed E-state index contributed by atoms with van der Waals surface area (Å²) in [6.45, 7) is 3.03. The predicted octanol–water partition coefficient (Wildman–Crippen LogP) is 3.23. The van der Waals surface area contributed by atoms with Crippen molar-refractivity contribution >= 4 is 5.84 Å². The van der Waals surface area contributed by atoms with E-state index in [9.17, 15) is 0 Å². The second-order valence-electron chi connectivity index (χ2n) is 6.06. The van der Waals surface area contributed by atoms with Crippen molar-refractivity contribution in [2.75, 3.05) is 0 Å². The molecule has 0 spiro atoms. The van der Waals surface area contributed by atoms with Crippen LogP contribution in [0.1, 0.15) is 56.6 Å². The van der Waals surface area contributed by atoms with E-state index < -0.39 is 0 Å². The summed E-state index contributed by atoms with van der Waals surface area (Å²) in [6, 6.07) is 8.32. The molecule has 0 aliphatic heterocycles. The Morgan fingerprint density at radius 1 is 1.29 bits per heavy atom. The Bertz CT molecular complexity index is 465. The number of hydrogen-bond donors (Lipinski definition) is 3. The van der Waals surface area contributed by atoms with Gasteiger partial charge >= 0.3 is 0 Å². The van der Waals surface area contributed by atoms with E-state index in [4.69, 9.17) is 10.9 Å². The van der Waals surface area contributed by atoms with Crippen LogP contribution >= 0.6 is 0 Å². The van der Waals surface area contributed by atoms with E-state index in [2.05, 4.69) is 17.4 Å². The van der Waals surface area contributed by atoms with Crippen LogP contribution < -0.4 is 11.1 Å². The summed E-state index contributed by atoms with van der Waals surface area (Å²) in [4.78, 5) is 0. The predicted molar refractivity (Wildman–Crippen MR) is 86.4 cm³/mol. The maximum absolute atomic E-state index is 8.87. The topological polar surface area (TPSA) is 70.6 Å². The van der Waals surface area contributed by atoms with Crippen LogP contribution in [0.2, 0.25) is 0 Å². The molecule has 0 aromatic heterocycles. The molecule has 1 aliphatic rings. The molecule has 0 heterocycles. The molecule has 0 unspecified atom stereocenters. The molecule has 0 radical (unpaired) electrons. The minimum Gasteiger partial charge on any atom is -0.409 e. The second kappa shape index (κ2) is 8.03. The van der Waals surface area contributed by atoms with E-state index in [1.54, 1.807) is 0 Å². The monoisotopic (exact) mass is 289 g/mol. The molecule has 1 aliphatic carbocycles. The van der Waals surface area contributed by atoms with Crippen molar-refractivity contribution in [3.05, 3.63) is 35.4 Å². The average Bonchev–Trinajstić information content (AvgIpc) is 2.81.